The molecule has 2 rings (SSSR count). The lowest BCUT2D eigenvalue weighted by Crippen LogP contribution is -2.27. The monoisotopic (exact) mass is 346 g/mol. The average molecular weight is 347 g/mol. The van der Waals surface area contributed by atoms with Crippen molar-refractivity contribution in [1.29, 1.82) is 0 Å². The van der Waals surface area contributed by atoms with Crippen LogP contribution in [0, 0.1) is 0 Å². The number of rotatable bonds is 6. The number of hydrogen-bond donors (Lipinski definition) is 1. The molecule has 9 heteroatoms. The lowest BCUT2D eigenvalue weighted by atomic mass is 10.4. The smallest absolute Gasteiger partial charge is 0.249 e. The zero-order chi connectivity index (χ0) is 15.6. The van der Waals surface area contributed by atoms with Crippen LogP contribution in [0.25, 0.3) is 0 Å². The van der Waals surface area contributed by atoms with E-state index in [-0.39, 0.29) is 10.7 Å². The number of nitrogens with zero attached hydrogens (tertiary/aromatic N) is 3. The number of anilines is 2. The minimum Gasteiger partial charge on any atom is -0.382 e. The summed E-state index contributed by atoms with van der Waals surface area (Å²) in [6, 6.07) is 4.00. The highest BCUT2D eigenvalue weighted by molar-refractivity contribution is 7.89. The first-order valence-corrected chi connectivity index (χ1v) is 9.42. The third-order valence-electron chi connectivity index (χ3n) is 2.99. The van der Waals surface area contributed by atoms with Crippen LogP contribution in [0.3, 0.4) is 0 Å². The van der Waals surface area contributed by atoms with Crippen LogP contribution in [-0.2, 0) is 16.6 Å². The Bertz CT molecular complexity index is 692. The molecule has 2 aromatic heterocycles. The van der Waals surface area contributed by atoms with Crippen LogP contribution in [0.5, 0.6) is 0 Å². The molecule has 116 valence electrons. The van der Waals surface area contributed by atoms with E-state index in [0.717, 1.165) is 20.7 Å². The van der Waals surface area contributed by atoms with E-state index in [1.54, 1.807) is 11.3 Å². The number of nitrogen functional groups attached to an aromatic ring is 1. The lowest BCUT2D eigenvalue weighted by molar-refractivity contribution is 0.521. The molecule has 0 spiro atoms. The summed E-state index contributed by atoms with van der Waals surface area (Å²) in [7, 11) is -0.627. The van der Waals surface area contributed by atoms with Gasteiger partial charge in [0.15, 0.2) is 10.7 Å². The molecule has 0 radical (unpaired) electrons. The summed E-state index contributed by atoms with van der Waals surface area (Å²) in [5.74, 6) is 0.0633. The SMILES string of the molecule is CCN(Cc1cccs1)c1snc(N)c1S(=O)(=O)N(C)C. The highest BCUT2D eigenvalue weighted by atomic mass is 32.2. The van der Waals surface area contributed by atoms with Gasteiger partial charge >= 0.3 is 0 Å². The molecule has 0 aliphatic heterocycles. The third kappa shape index (κ3) is 3.20. The largest absolute Gasteiger partial charge is 0.382 e. The van der Waals surface area contributed by atoms with Crippen LogP contribution >= 0.6 is 22.9 Å². The van der Waals surface area contributed by atoms with E-state index in [0.29, 0.717) is 18.1 Å². The van der Waals surface area contributed by atoms with E-state index in [1.165, 1.54) is 14.1 Å². The summed E-state index contributed by atoms with van der Waals surface area (Å²) < 4.78 is 30.1. The van der Waals surface area contributed by atoms with E-state index < -0.39 is 10.0 Å². The summed E-state index contributed by atoms with van der Waals surface area (Å²) >= 11 is 2.76. The minimum absolute atomic E-state index is 0.0633. The van der Waals surface area contributed by atoms with Crippen molar-refractivity contribution in [3.05, 3.63) is 22.4 Å². The second kappa shape index (κ2) is 6.30. The molecule has 0 unspecified atom stereocenters. The lowest BCUT2D eigenvalue weighted by Gasteiger charge is -2.22. The van der Waals surface area contributed by atoms with Gasteiger partial charge in [-0.1, -0.05) is 6.07 Å². The first-order chi connectivity index (χ1) is 9.87. The van der Waals surface area contributed by atoms with Gasteiger partial charge in [-0.25, -0.2) is 12.7 Å². The van der Waals surface area contributed by atoms with Gasteiger partial charge in [0.1, 0.15) is 5.00 Å². The first-order valence-electron chi connectivity index (χ1n) is 6.33. The zero-order valence-corrected chi connectivity index (χ0v) is 14.6. The predicted octanol–water partition coefficient (Wildman–Crippen LogP) is 2.06. The third-order valence-corrected chi connectivity index (χ3v) is 6.79. The molecular formula is C12H18N4O2S3. The Morgan fingerprint density at radius 1 is 1.38 bits per heavy atom. The van der Waals surface area contributed by atoms with Gasteiger partial charge in [0.05, 0.1) is 6.54 Å². The number of thiophene rings is 1. The molecule has 0 amide bonds. The van der Waals surface area contributed by atoms with Gasteiger partial charge in [-0.05, 0) is 29.9 Å². The van der Waals surface area contributed by atoms with Crippen LogP contribution in [0.15, 0.2) is 22.4 Å². The summed E-state index contributed by atoms with van der Waals surface area (Å²) in [5.41, 5.74) is 5.80. The van der Waals surface area contributed by atoms with E-state index in [9.17, 15) is 8.42 Å². The van der Waals surface area contributed by atoms with E-state index >= 15 is 0 Å². The summed E-state index contributed by atoms with van der Waals surface area (Å²) in [4.78, 5) is 3.25. The molecule has 21 heavy (non-hydrogen) atoms. The predicted molar refractivity (Wildman–Crippen MR) is 88.4 cm³/mol. The standard InChI is InChI=1S/C12H18N4O2S3/c1-4-16(8-9-6-5-7-19-9)12-10(11(13)14-20-12)21(17,18)15(2)3/h5-7H,4,8H2,1-3H3,(H2,13,14). The fourth-order valence-electron chi connectivity index (χ4n) is 1.83. The fraction of sp³-hybridized carbons (Fsp3) is 0.417. The average Bonchev–Trinajstić information content (AvgIpc) is 3.05. The second-order valence-electron chi connectivity index (χ2n) is 4.58. The second-order valence-corrected chi connectivity index (χ2v) is 8.46. The van der Waals surface area contributed by atoms with Gasteiger partial charge < -0.3 is 10.6 Å². The van der Waals surface area contributed by atoms with Crippen molar-refractivity contribution >= 4 is 43.7 Å². The van der Waals surface area contributed by atoms with Gasteiger partial charge in [0.2, 0.25) is 10.0 Å². The Labute approximate surface area is 133 Å². The molecule has 0 atom stereocenters. The molecule has 2 heterocycles. The van der Waals surface area contributed by atoms with Gasteiger partial charge in [-0.15, -0.1) is 11.3 Å². The van der Waals surface area contributed by atoms with Crippen molar-refractivity contribution in [2.75, 3.05) is 31.3 Å². The van der Waals surface area contributed by atoms with Crippen LogP contribution in [0.4, 0.5) is 10.8 Å². The summed E-state index contributed by atoms with van der Waals surface area (Å²) in [5, 5.41) is 2.60. The van der Waals surface area contributed by atoms with Crippen molar-refractivity contribution in [2.45, 2.75) is 18.4 Å². The molecular weight excluding hydrogens is 328 g/mol. The van der Waals surface area contributed by atoms with E-state index in [2.05, 4.69) is 4.37 Å². The van der Waals surface area contributed by atoms with Gasteiger partial charge in [0, 0.05) is 25.5 Å². The first kappa shape index (κ1) is 16.2. The van der Waals surface area contributed by atoms with Gasteiger partial charge in [-0.2, -0.15) is 4.37 Å². The highest BCUT2D eigenvalue weighted by Gasteiger charge is 2.30. The van der Waals surface area contributed by atoms with Crippen LogP contribution < -0.4 is 10.6 Å². The molecule has 2 aromatic rings. The molecule has 0 aliphatic carbocycles. The molecule has 0 bridgehead atoms. The van der Waals surface area contributed by atoms with Crippen molar-refractivity contribution < 1.29 is 8.42 Å². The fourth-order valence-corrected chi connectivity index (χ4v) is 4.83. The molecule has 0 saturated heterocycles. The maximum atomic E-state index is 12.4. The molecule has 0 aromatic carbocycles. The Hall–Kier alpha value is -1.16. The van der Waals surface area contributed by atoms with Crippen molar-refractivity contribution in [3.8, 4) is 0 Å². The Morgan fingerprint density at radius 3 is 2.62 bits per heavy atom. The maximum absolute atomic E-state index is 12.4. The quantitative estimate of drug-likeness (QED) is 0.866. The normalized spacial score (nSPS) is 12.0. The highest BCUT2D eigenvalue weighted by Crippen LogP contribution is 2.36. The number of aromatic nitrogens is 1. The zero-order valence-electron chi connectivity index (χ0n) is 12.1. The van der Waals surface area contributed by atoms with E-state index in [1.807, 2.05) is 29.3 Å². The molecule has 0 saturated carbocycles. The van der Waals surface area contributed by atoms with Crippen LogP contribution in [0.1, 0.15) is 11.8 Å². The maximum Gasteiger partial charge on any atom is 0.249 e. The van der Waals surface area contributed by atoms with Crippen LogP contribution in [-0.4, -0.2) is 37.7 Å². The molecule has 2 N–H and O–H groups in total. The van der Waals surface area contributed by atoms with Crippen molar-refractivity contribution in [2.24, 2.45) is 0 Å². The Morgan fingerprint density at radius 2 is 2.10 bits per heavy atom. The summed E-state index contributed by atoms with van der Waals surface area (Å²) in [6.45, 7) is 3.30. The number of nitrogens with two attached hydrogens (primary N) is 1. The number of sulfonamides is 1. The van der Waals surface area contributed by atoms with E-state index in [4.69, 9.17) is 5.73 Å². The Balaban J connectivity index is 2.44. The molecule has 0 fully saturated rings. The minimum atomic E-state index is -3.61. The van der Waals surface area contributed by atoms with Gasteiger partial charge in [-0.3, -0.25) is 0 Å². The molecule has 0 aliphatic rings. The molecule has 6 nitrogen and oxygen atoms in total. The summed E-state index contributed by atoms with van der Waals surface area (Å²) in [6.07, 6.45) is 0. The topological polar surface area (TPSA) is 79.5 Å². The van der Waals surface area contributed by atoms with Crippen molar-refractivity contribution in [3.63, 3.8) is 0 Å². The van der Waals surface area contributed by atoms with Gasteiger partial charge in [0.25, 0.3) is 0 Å². The van der Waals surface area contributed by atoms with Crippen molar-refractivity contribution in [1.82, 2.24) is 8.68 Å². The Kier molecular flexibility index (Phi) is 4.87. The number of hydrogen-bond acceptors (Lipinski definition) is 7. The van der Waals surface area contributed by atoms with Crippen LogP contribution in [0.2, 0.25) is 0 Å².